The summed E-state index contributed by atoms with van der Waals surface area (Å²) in [5.41, 5.74) is 6.51. The third-order valence-corrected chi connectivity index (χ3v) is 6.57. The molecular formula is C29H34N2O3. The van der Waals surface area contributed by atoms with Gasteiger partial charge in [0, 0.05) is 43.0 Å². The molecule has 1 aliphatic rings. The number of benzene rings is 3. The lowest BCUT2D eigenvalue weighted by Crippen LogP contribution is -2.49. The average Bonchev–Trinajstić information content (AvgIpc) is 2.86. The van der Waals surface area contributed by atoms with Crippen LogP contribution in [-0.2, 0) is 6.61 Å². The number of rotatable bonds is 7. The Hall–Kier alpha value is -3.47. The van der Waals surface area contributed by atoms with Gasteiger partial charge in [-0.2, -0.15) is 0 Å². The fourth-order valence-corrected chi connectivity index (χ4v) is 4.41. The number of aryl methyl sites for hydroxylation is 2. The summed E-state index contributed by atoms with van der Waals surface area (Å²) < 4.78 is 11.9. The third-order valence-electron chi connectivity index (χ3n) is 6.57. The molecule has 34 heavy (non-hydrogen) atoms. The van der Waals surface area contributed by atoms with Crippen molar-refractivity contribution in [1.29, 1.82) is 0 Å². The van der Waals surface area contributed by atoms with E-state index in [1.807, 2.05) is 61.2 Å². The Morgan fingerprint density at radius 3 is 2.29 bits per heavy atom. The van der Waals surface area contributed by atoms with Gasteiger partial charge in [-0.3, -0.25) is 4.79 Å². The van der Waals surface area contributed by atoms with Crippen LogP contribution >= 0.6 is 0 Å². The minimum Gasteiger partial charge on any atom is -0.493 e. The Morgan fingerprint density at radius 2 is 1.56 bits per heavy atom. The molecule has 178 valence electrons. The molecule has 0 N–H and O–H groups in total. The predicted molar refractivity (Wildman–Crippen MR) is 137 cm³/mol. The van der Waals surface area contributed by atoms with Crippen molar-refractivity contribution in [3.8, 4) is 11.5 Å². The van der Waals surface area contributed by atoms with Crippen LogP contribution in [0.5, 0.6) is 11.5 Å². The predicted octanol–water partition coefficient (Wildman–Crippen LogP) is 5.55. The lowest BCUT2D eigenvalue weighted by Gasteiger charge is -2.37. The fraction of sp³-hybridized carbons (Fsp3) is 0.345. The molecular weight excluding hydrogens is 424 g/mol. The second-order valence-electron chi connectivity index (χ2n) is 8.81. The first kappa shape index (κ1) is 23.7. The summed E-state index contributed by atoms with van der Waals surface area (Å²) in [5.74, 6) is 1.65. The molecule has 0 saturated carbocycles. The van der Waals surface area contributed by atoms with E-state index in [9.17, 15) is 4.79 Å². The monoisotopic (exact) mass is 458 g/mol. The van der Waals surface area contributed by atoms with Gasteiger partial charge in [-0.05, 0) is 74.7 Å². The van der Waals surface area contributed by atoms with Crippen molar-refractivity contribution in [2.45, 2.75) is 34.3 Å². The Morgan fingerprint density at radius 1 is 0.824 bits per heavy atom. The van der Waals surface area contributed by atoms with Crippen LogP contribution in [0, 0.1) is 20.8 Å². The zero-order valence-corrected chi connectivity index (χ0v) is 20.6. The smallest absolute Gasteiger partial charge is 0.253 e. The van der Waals surface area contributed by atoms with Crippen LogP contribution in [-0.4, -0.2) is 43.6 Å². The standard InChI is InChI=1S/C29H34N2O3/c1-5-33-28-14-13-24(19-25(28)20-34-27-12-7-6-9-22(27)3)29(32)31-17-15-30(16-18-31)26-11-8-10-21(2)23(26)4/h6-14,19H,5,15-18,20H2,1-4H3. The Bertz CT molecular complexity index is 1150. The minimum absolute atomic E-state index is 0.0563. The van der Waals surface area contributed by atoms with E-state index in [4.69, 9.17) is 9.47 Å². The normalized spacial score (nSPS) is 13.6. The summed E-state index contributed by atoms with van der Waals surface area (Å²) in [6.07, 6.45) is 0. The summed E-state index contributed by atoms with van der Waals surface area (Å²) in [7, 11) is 0. The second-order valence-corrected chi connectivity index (χ2v) is 8.81. The molecule has 0 bridgehead atoms. The molecule has 5 heteroatoms. The number of anilines is 1. The van der Waals surface area contributed by atoms with E-state index in [-0.39, 0.29) is 5.91 Å². The van der Waals surface area contributed by atoms with E-state index in [0.717, 1.165) is 35.7 Å². The maximum atomic E-state index is 13.3. The first-order valence-electron chi connectivity index (χ1n) is 12.0. The highest BCUT2D eigenvalue weighted by molar-refractivity contribution is 5.94. The number of amides is 1. The Kier molecular flexibility index (Phi) is 7.41. The Balaban J connectivity index is 1.46. The van der Waals surface area contributed by atoms with Gasteiger partial charge < -0.3 is 19.3 Å². The lowest BCUT2D eigenvalue weighted by molar-refractivity contribution is 0.0746. The fourth-order valence-electron chi connectivity index (χ4n) is 4.41. The number of para-hydroxylation sites is 1. The molecule has 1 amide bonds. The number of piperazine rings is 1. The number of carbonyl (C=O) groups excluding carboxylic acids is 1. The van der Waals surface area contributed by atoms with E-state index in [0.29, 0.717) is 31.9 Å². The van der Waals surface area contributed by atoms with Crippen LogP contribution in [0.25, 0.3) is 0 Å². The van der Waals surface area contributed by atoms with E-state index >= 15 is 0 Å². The number of hydrogen-bond donors (Lipinski definition) is 0. The van der Waals surface area contributed by atoms with Crippen LogP contribution in [0.4, 0.5) is 5.69 Å². The Labute approximate surface area is 202 Å². The van der Waals surface area contributed by atoms with Gasteiger partial charge in [-0.1, -0.05) is 30.3 Å². The zero-order valence-electron chi connectivity index (χ0n) is 20.6. The van der Waals surface area contributed by atoms with Gasteiger partial charge in [0.05, 0.1) is 6.61 Å². The molecule has 0 aromatic heterocycles. The van der Waals surface area contributed by atoms with Crippen LogP contribution in [0.1, 0.15) is 39.5 Å². The van der Waals surface area contributed by atoms with E-state index in [1.165, 1.54) is 16.8 Å². The maximum Gasteiger partial charge on any atom is 0.253 e. The van der Waals surface area contributed by atoms with Gasteiger partial charge in [0.15, 0.2) is 0 Å². The molecule has 1 aliphatic heterocycles. The van der Waals surface area contributed by atoms with Gasteiger partial charge in [0.1, 0.15) is 18.1 Å². The van der Waals surface area contributed by atoms with Crippen molar-refractivity contribution in [3.63, 3.8) is 0 Å². The minimum atomic E-state index is 0.0563. The SMILES string of the molecule is CCOc1ccc(C(=O)N2CCN(c3cccc(C)c3C)CC2)cc1COc1ccccc1C. The second kappa shape index (κ2) is 10.6. The molecule has 3 aromatic carbocycles. The number of carbonyl (C=O) groups is 1. The molecule has 1 saturated heterocycles. The molecule has 0 radical (unpaired) electrons. The van der Waals surface area contributed by atoms with Crippen molar-refractivity contribution in [2.24, 2.45) is 0 Å². The molecule has 3 aromatic rings. The third kappa shape index (κ3) is 5.19. The van der Waals surface area contributed by atoms with Crippen molar-refractivity contribution >= 4 is 11.6 Å². The van der Waals surface area contributed by atoms with Crippen LogP contribution in [0.2, 0.25) is 0 Å². The van der Waals surface area contributed by atoms with Crippen LogP contribution in [0.15, 0.2) is 60.7 Å². The van der Waals surface area contributed by atoms with Crippen molar-refractivity contribution in [2.75, 3.05) is 37.7 Å². The first-order chi connectivity index (χ1) is 16.5. The molecule has 1 fully saturated rings. The summed E-state index contributed by atoms with van der Waals surface area (Å²) in [6, 6.07) is 20.0. The summed E-state index contributed by atoms with van der Waals surface area (Å²) in [6.45, 7) is 12.3. The average molecular weight is 459 g/mol. The van der Waals surface area contributed by atoms with Gasteiger partial charge in [-0.15, -0.1) is 0 Å². The number of nitrogens with zero attached hydrogens (tertiary/aromatic N) is 2. The molecule has 0 spiro atoms. The molecule has 0 atom stereocenters. The molecule has 0 unspecified atom stereocenters. The van der Waals surface area contributed by atoms with Crippen molar-refractivity contribution in [1.82, 2.24) is 4.90 Å². The first-order valence-corrected chi connectivity index (χ1v) is 12.0. The van der Waals surface area contributed by atoms with Crippen LogP contribution < -0.4 is 14.4 Å². The van der Waals surface area contributed by atoms with E-state index in [2.05, 4.69) is 36.9 Å². The van der Waals surface area contributed by atoms with E-state index in [1.54, 1.807) is 0 Å². The van der Waals surface area contributed by atoms with Gasteiger partial charge in [-0.25, -0.2) is 0 Å². The van der Waals surface area contributed by atoms with Gasteiger partial charge in [0.25, 0.3) is 5.91 Å². The van der Waals surface area contributed by atoms with Gasteiger partial charge in [0.2, 0.25) is 0 Å². The number of ether oxygens (including phenoxy) is 2. The van der Waals surface area contributed by atoms with Crippen LogP contribution in [0.3, 0.4) is 0 Å². The lowest BCUT2D eigenvalue weighted by atomic mass is 10.1. The molecule has 1 heterocycles. The summed E-state index contributed by atoms with van der Waals surface area (Å²) >= 11 is 0. The van der Waals surface area contributed by atoms with Gasteiger partial charge >= 0.3 is 0 Å². The largest absolute Gasteiger partial charge is 0.493 e. The highest BCUT2D eigenvalue weighted by Gasteiger charge is 2.24. The highest BCUT2D eigenvalue weighted by Crippen LogP contribution is 2.27. The maximum absolute atomic E-state index is 13.3. The van der Waals surface area contributed by atoms with Crippen molar-refractivity contribution < 1.29 is 14.3 Å². The molecule has 0 aliphatic carbocycles. The highest BCUT2D eigenvalue weighted by atomic mass is 16.5. The summed E-state index contributed by atoms with van der Waals surface area (Å²) in [4.78, 5) is 17.7. The van der Waals surface area contributed by atoms with Crippen molar-refractivity contribution in [3.05, 3.63) is 88.5 Å². The summed E-state index contributed by atoms with van der Waals surface area (Å²) in [5, 5.41) is 0. The van der Waals surface area contributed by atoms with E-state index < -0.39 is 0 Å². The quantitative estimate of drug-likeness (QED) is 0.465. The molecule has 4 rings (SSSR count). The molecule has 5 nitrogen and oxygen atoms in total. The topological polar surface area (TPSA) is 42.0 Å². The zero-order chi connectivity index (χ0) is 24.1. The number of hydrogen-bond acceptors (Lipinski definition) is 4.